The highest BCUT2D eigenvalue weighted by molar-refractivity contribution is 7.80. The van der Waals surface area contributed by atoms with Gasteiger partial charge in [0.05, 0.1) is 11.9 Å². The average Bonchev–Trinajstić information content (AvgIpc) is 2.39. The Labute approximate surface area is 117 Å². The Morgan fingerprint density at radius 2 is 1.85 bits per heavy atom. The van der Waals surface area contributed by atoms with Crippen molar-refractivity contribution in [2.45, 2.75) is 6.18 Å². The summed E-state index contributed by atoms with van der Waals surface area (Å²) in [6, 6.07) is 5.45. The van der Waals surface area contributed by atoms with Crippen molar-refractivity contribution in [3.05, 3.63) is 47.9 Å². The molecule has 0 aliphatic heterocycles. The first-order chi connectivity index (χ1) is 9.36. The monoisotopic (exact) mass is 298 g/mol. The zero-order valence-corrected chi connectivity index (χ0v) is 10.8. The third-order valence-electron chi connectivity index (χ3n) is 2.37. The third-order valence-corrected chi connectivity index (χ3v) is 2.61. The molecule has 2 heterocycles. The van der Waals surface area contributed by atoms with E-state index in [1.165, 1.54) is 12.3 Å². The van der Waals surface area contributed by atoms with Crippen LogP contribution < -0.4 is 11.1 Å². The fourth-order valence-corrected chi connectivity index (χ4v) is 1.52. The molecule has 2 rings (SSSR count). The molecule has 0 aliphatic rings. The van der Waals surface area contributed by atoms with Gasteiger partial charge in [0.1, 0.15) is 16.5 Å². The minimum atomic E-state index is -4.45. The van der Waals surface area contributed by atoms with Gasteiger partial charge in [0.15, 0.2) is 0 Å². The minimum absolute atomic E-state index is 0.222. The molecule has 20 heavy (non-hydrogen) atoms. The lowest BCUT2D eigenvalue weighted by Crippen LogP contribution is -2.10. The molecule has 0 radical (unpaired) electrons. The summed E-state index contributed by atoms with van der Waals surface area (Å²) in [4.78, 5) is 7.60. The molecule has 2 aromatic rings. The summed E-state index contributed by atoms with van der Waals surface area (Å²) in [6.45, 7) is 0. The number of alkyl halides is 3. The number of rotatable bonds is 3. The van der Waals surface area contributed by atoms with Crippen molar-refractivity contribution in [1.82, 2.24) is 9.97 Å². The van der Waals surface area contributed by atoms with Gasteiger partial charge in [0, 0.05) is 11.8 Å². The van der Waals surface area contributed by atoms with Crippen LogP contribution in [-0.4, -0.2) is 15.0 Å². The number of nitrogens with one attached hydrogen (secondary N) is 1. The Morgan fingerprint density at radius 1 is 1.10 bits per heavy atom. The number of hydrogen-bond acceptors (Lipinski definition) is 4. The zero-order valence-electron chi connectivity index (χ0n) is 9.98. The van der Waals surface area contributed by atoms with Gasteiger partial charge in [0.2, 0.25) is 0 Å². The van der Waals surface area contributed by atoms with Crippen LogP contribution in [0.1, 0.15) is 11.3 Å². The molecule has 104 valence electrons. The second-order valence-corrected chi connectivity index (χ2v) is 4.29. The van der Waals surface area contributed by atoms with E-state index in [2.05, 4.69) is 15.3 Å². The van der Waals surface area contributed by atoms with E-state index in [0.717, 1.165) is 12.3 Å². The summed E-state index contributed by atoms with van der Waals surface area (Å²) >= 11 is 4.79. The van der Waals surface area contributed by atoms with Crippen LogP contribution >= 0.6 is 12.2 Å². The largest absolute Gasteiger partial charge is 0.433 e. The summed E-state index contributed by atoms with van der Waals surface area (Å²) in [5.74, 6) is 0.451. The maximum Gasteiger partial charge on any atom is 0.433 e. The number of halogens is 3. The van der Waals surface area contributed by atoms with Gasteiger partial charge in [-0.05, 0) is 24.3 Å². The highest BCUT2D eigenvalue weighted by Gasteiger charge is 2.31. The van der Waals surface area contributed by atoms with Crippen LogP contribution in [0.3, 0.4) is 0 Å². The second-order valence-electron chi connectivity index (χ2n) is 3.85. The first-order valence-electron chi connectivity index (χ1n) is 5.42. The maximum absolute atomic E-state index is 12.3. The fourth-order valence-electron chi connectivity index (χ4n) is 1.40. The van der Waals surface area contributed by atoms with E-state index in [4.69, 9.17) is 18.0 Å². The summed E-state index contributed by atoms with van der Waals surface area (Å²) in [5.41, 5.74) is 5.49. The van der Waals surface area contributed by atoms with Crippen LogP contribution in [-0.2, 0) is 6.18 Å². The Kier molecular flexibility index (Phi) is 3.84. The van der Waals surface area contributed by atoms with E-state index in [1.807, 2.05) is 0 Å². The Bertz CT molecular complexity index is 608. The molecular formula is C12H9F3N4S. The Morgan fingerprint density at radius 3 is 2.30 bits per heavy atom. The molecule has 4 nitrogen and oxygen atoms in total. The van der Waals surface area contributed by atoms with Crippen molar-refractivity contribution < 1.29 is 13.2 Å². The van der Waals surface area contributed by atoms with Crippen molar-refractivity contribution >= 4 is 28.7 Å². The van der Waals surface area contributed by atoms with E-state index in [1.54, 1.807) is 12.1 Å². The molecule has 0 unspecified atom stereocenters. The lowest BCUT2D eigenvalue weighted by molar-refractivity contribution is -0.141. The van der Waals surface area contributed by atoms with Crippen LogP contribution in [0, 0.1) is 0 Å². The summed E-state index contributed by atoms with van der Waals surface area (Å²) < 4.78 is 37.0. The summed E-state index contributed by atoms with van der Waals surface area (Å²) in [7, 11) is 0. The molecule has 0 saturated carbocycles. The second kappa shape index (κ2) is 5.41. The smallest absolute Gasteiger partial charge is 0.389 e. The van der Waals surface area contributed by atoms with Crippen LogP contribution in [0.15, 0.2) is 36.7 Å². The lowest BCUT2D eigenvalue weighted by Gasteiger charge is -2.08. The highest BCUT2D eigenvalue weighted by Crippen LogP contribution is 2.28. The van der Waals surface area contributed by atoms with Gasteiger partial charge in [0.25, 0.3) is 0 Å². The van der Waals surface area contributed by atoms with Gasteiger partial charge < -0.3 is 11.1 Å². The van der Waals surface area contributed by atoms with Crippen molar-refractivity contribution in [3.8, 4) is 0 Å². The molecule has 0 atom stereocenters. The average molecular weight is 298 g/mol. The third kappa shape index (κ3) is 3.41. The van der Waals surface area contributed by atoms with E-state index in [0.29, 0.717) is 17.1 Å². The highest BCUT2D eigenvalue weighted by atomic mass is 32.1. The molecule has 0 aromatic carbocycles. The van der Waals surface area contributed by atoms with E-state index in [9.17, 15) is 13.2 Å². The summed E-state index contributed by atoms with van der Waals surface area (Å²) in [5, 5.41) is 2.82. The van der Waals surface area contributed by atoms with Crippen LogP contribution in [0.4, 0.5) is 24.7 Å². The van der Waals surface area contributed by atoms with Crippen molar-refractivity contribution in [2.75, 3.05) is 5.32 Å². The molecule has 2 aromatic heterocycles. The minimum Gasteiger partial charge on any atom is -0.389 e. The predicted octanol–water partition coefficient (Wildman–Crippen LogP) is 2.87. The number of nitrogens with zero attached hydrogens (tertiary/aromatic N) is 2. The van der Waals surface area contributed by atoms with Gasteiger partial charge in [-0.1, -0.05) is 12.2 Å². The Balaban J connectivity index is 2.12. The molecule has 0 spiro atoms. The normalized spacial score (nSPS) is 11.2. The number of anilines is 2. The van der Waals surface area contributed by atoms with Crippen molar-refractivity contribution in [2.24, 2.45) is 5.73 Å². The maximum atomic E-state index is 12.3. The van der Waals surface area contributed by atoms with Gasteiger partial charge >= 0.3 is 6.18 Å². The van der Waals surface area contributed by atoms with Crippen molar-refractivity contribution in [3.63, 3.8) is 0 Å². The van der Waals surface area contributed by atoms with Crippen LogP contribution in [0.5, 0.6) is 0 Å². The van der Waals surface area contributed by atoms with Gasteiger partial charge in [-0.25, -0.2) is 9.97 Å². The van der Waals surface area contributed by atoms with E-state index in [-0.39, 0.29) is 4.99 Å². The van der Waals surface area contributed by atoms with Crippen LogP contribution in [0.2, 0.25) is 0 Å². The SMILES string of the molecule is NC(=S)c1ccc(Nc2ccc(C(F)(F)F)nc2)nc1. The first-order valence-corrected chi connectivity index (χ1v) is 5.83. The Hall–Kier alpha value is -2.22. The fraction of sp³-hybridized carbons (Fsp3) is 0.0833. The number of nitrogens with two attached hydrogens (primary N) is 1. The molecule has 3 N–H and O–H groups in total. The number of pyridine rings is 2. The molecule has 0 fully saturated rings. The van der Waals surface area contributed by atoms with Gasteiger partial charge in [-0.2, -0.15) is 13.2 Å². The molecular weight excluding hydrogens is 289 g/mol. The van der Waals surface area contributed by atoms with Gasteiger partial charge in [-0.3, -0.25) is 0 Å². The topological polar surface area (TPSA) is 63.8 Å². The summed E-state index contributed by atoms with van der Waals surface area (Å²) in [6.07, 6.45) is -1.89. The van der Waals surface area contributed by atoms with E-state index >= 15 is 0 Å². The van der Waals surface area contributed by atoms with Crippen molar-refractivity contribution in [1.29, 1.82) is 0 Å². The quantitative estimate of drug-likeness (QED) is 0.853. The van der Waals surface area contributed by atoms with Gasteiger partial charge in [-0.15, -0.1) is 0 Å². The van der Waals surface area contributed by atoms with E-state index < -0.39 is 11.9 Å². The standard InChI is InChI=1S/C12H9F3N4S/c13-12(14,15)9-3-2-8(6-17-9)19-10-4-1-7(5-18-10)11(16)20/h1-6H,(H2,16,20)(H,18,19). The molecule has 0 saturated heterocycles. The number of hydrogen-bond donors (Lipinski definition) is 2. The molecule has 0 aliphatic carbocycles. The first kappa shape index (κ1) is 14.2. The number of aromatic nitrogens is 2. The molecule has 0 bridgehead atoms. The molecule has 8 heteroatoms. The predicted molar refractivity (Wildman–Crippen MR) is 72.6 cm³/mol. The zero-order chi connectivity index (χ0) is 14.8. The van der Waals surface area contributed by atoms with Crippen LogP contribution in [0.25, 0.3) is 0 Å². The lowest BCUT2D eigenvalue weighted by atomic mass is 10.3. The molecule has 0 amide bonds. The number of thiocarbonyl (C=S) groups is 1.